The molecular formula is C18H24N2O. The Kier molecular flexibility index (Phi) is 5.41. The molecule has 112 valence electrons. The van der Waals surface area contributed by atoms with E-state index in [2.05, 4.69) is 24.1 Å². The van der Waals surface area contributed by atoms with Crippen molar-refractivity contribution in [3.8, 4) is 11.8 Å². The Morgan fingerprint density at radius 2 is 2.05 bits per heavy atom. The van der Waals surface area contributed by atoms with Crippen molar-refractivity contribution in [2.45, 2.75) is 39.5 Å². The van der Waals surface area contributed by atoms with Gasteiger partial charge in [-0.2, -0.15) is 0 Å². The SMILES string of the molecule is Cc1cc(C#CCN)ccc1NC(=O)C1CCC(C)CC1. The van der Waals surface area contributed by atoms with Crippen LogP contribution in [-0.2, 0) is 4.79 Å². The van der Waals surface area contributed by atoms with Crippen LogP contribution >= 0.6 is 0 Å². The summed E-state index contributed by atoms with van der Waals surface area (Å²) in [4.78, 5) is 12.3. The van der Waals surface area contributed by atoms with Crippen molar-refractivity contribution in [1.82, 2.24) is 0 Å². The van der Waals surface area contributed by atoms with Crippen LogP contribution in [0.5, 0.6) is 0 Å². The molecule has 0 radical (unpaired) electrons. The third kappa shape index (κ3) is 4.34. The van der Waals surface area contributed by atoms with Crippen LogP contribution in [0.3, 0.4) is 0 Å². The van der Waals surface area contributed by atoms with Gasteiger partial charge in [-0.05, 0) is 62.3 Å². The van der Waals surface area contributed by atoms with Crippen molar-refractivity contribution in [2.24, 2.45) is 17.6 Å². The number of carbonyl (C=O) groups is 1. The van der Waals surface area contributed by atoms with Gasteiger partial charge in [-0.25, -0.2) is 0 Å². The molecule has 0 saturated heterocycles. The van der Waals surface area contributed by atoms with Gasteiger partial charge in [-0.1, -0.05) is 18.8 Å². The molecule has 0 spiro atoms. The van der Waals surface area contributed by atoms with E-state index >= 15 is 0 Å². The van der Waals surface area contributed by atoms with Crippen LogP contribution in [-0.4, -0.2) is 12.5 Å². The lowest BCUT2D eigenvalue weighted by atomic mass is 9.82. The lowest BCUT2D eigenvalue weighted by molar-refractivity contribution is -0.121. The number of nitrogens with one attached hydrogen (secondary N) is 1. The summed E-state index contributed by atoms with van der Waals surface area (Å²) in [5.41, 5.74) is 8.23. The predicted octanol–water partition coefficient (Wildman–Crippen LogP) is 3.07. The first kappa shape index (κ1) is 15.6. The molecule has 2 rings (SSSR count). The van der Waals surface area contributed by atoms with E-state index in [9.17, 15) is 4.79 Å². The maximum atomic E-state index is 12.3. The van der Waals surface area contributed by atoms with E-state index in [1.807, 2.05) is 25.1 Å². The van der Waals surface area contributed by atoms with Gasteiger partial charge in [0, 0.05) is 17.2 Å². The largest absolute Gasteiger partial charge is 0.326 e. The second kappa shape index (κ2) is 7.28. The predicted molar refractivity (Wildman–Crippen MR) is 86.9 cm³/mol. The average Bonchev–Trinajstić information content (AvgIpc) is 2.48. The Labute approximate surface area is 127 Å². The summed E-state index contributed by atoms with van der Waals surface area (Å²) in [6.45, 7) is 4.61. The van der Waals surface area contributed by atoms with Gasteiger partial charge in [0.05, 0.1) is 6.54 Å². The minimum Gasteiger partial charge on any atom is -0.326 e. The van der Waals surface area contributed by atoms with Crippen LogP contribution < -0.4 is 11.1 Å². The van der Waals surface area contributed by atoms with E-state index in [4.69, 9.17) is 5.73 Å². The maximum Gasteiger partial charge on any atom is 0.227 e. The molecule has 0 aliphatic heterocycles. The zero-order valence-electron chi connectivity index (χ0n) is 12.9. The molecule has 3 N–H and O–H groups in total. The van der Waals surface area contributed by atoms with Crippen LogP contribution in [0.2, 0.25) is 0 Å². The molecule has 1 amide bonds. The Balaban J connectivity index is 2.01. The second-order valence-electron chi connectivity index (χ2n) is 5.98. The van der Waals surface area contributed by atoms with E-state index in [0.29, 0.717) is 6.54 Å². The highest BCUT2D eigenvalue weighted by molar-refractivity contribution is 5.93. The molecule has 1 fully saturated rings. The number of rotatable bonds is 2. The van der Waals surface area contributed by atoms with Crippen molar-refractivity contribution in [1.29, 1.82) is 0 Å². The molecule has 21 heavy (non-hydrogen) atoms. The summed E-state index contributed by atoms with van der Waals surface area (Å²) >= 11 is 0. The highest BCUT2D eigenvalue weighted by atomic mass is 16.1. The lowest BCUT2D eigenvalue weighted by Gasteiger charge is -2.25. The Bertz CT molecular complexity index is 560. The molecule has 1 aliphatic rings. The first-order valence-corrected chi connectivity index (χ1v) is 7.70. The van der Waals surface area contributed by atoms with Gasteiger partial charge in [0.25, 0.3) is 0 Å². The van der Waals surface area contributed by atoms with Gasteiger partial charge in [0.2, 0.25) is 5.91 Å². The Hall–Kier alpha value is -1.79. The highest BCUT2D eigenvalue weighted by Crippen LogP contribution is 2.29. The fourth-order valence-electron chi connectivity index (χ4n) is 2.79. The molecule has 1 saturated carbocycles. The molecule has 0 aromatic heterocycles. The standard InChI is InChI=1S/C18H24N2O/c1-13-5-8-16(9-6-13)18(21)20-17-10-7-15(4-3-11-19)12-14(17)2/h7,10,12-13,16H,5-6,8-9,11,19H2,1-2H3,(H,20,21). The van der Waals surface area contributed by atoms with Gasteiger partial charge in [-0.15, -0.1) is 0 Å². The van der Waals surface area contributed by atoms with Crippen LogP contribution in [0, 0.1) is 30.6 Å². The topological polar surface area (TPSA) is 55.1 Å². The molecule has 3 heteroatoms. The van der Waals surface area contributed by atoms with Crippen LogP contribution in [0.1, 0.15) is 43.7 Å². The van der Waals surface area contributed by atoms with Crippen LogP contribution in [0.15, 0.2) is 18.2 Å². The third-order valence-electron chi connectivity index (χ3n) is 4.21. The van der Waals surface area contributed by atoms with Crippen LogP contribution in [0.25, 0.3) is 0 Å². The first-order chi connectivity index (χ1) is 10.1. The number of hydrogen-bond donors (Lipinski definition) is 2. The fraction of sp³-hybridized carbons (Fsp3) is 0.500. The zero-order valence-corrected chi connectivity index (χ0v) is 12.9. The van der Waals surface area contributed by atoms with Crippen LogP contribution in [0.4, 0.5) is 5.69 Å². The summed E-state index contributed by atoms with van der Waals surface area (Å²) in [6.07, 6.45) is 4.33. The number of amides is 1. The van der Waals surface area contributed by atoms with Gasteiger partial charge in [-0.3, -0.25) is 4.79 Å². The minimum atomic E-state index is 0.158. The van der Waals surface area contributed by atoms with Crippen molar-refractivity contribution in [3.63, 3.8) is 0 Å². The summed E-state index contributed by atoms with van der Waals surface area (Å²) in [5, 5.41) is 3.07. The maximum absolute atomic E-state index is 12.3. The normalized spacial score (nSPS) is 21.3. The molecular weight excluding hydrogens is 260 g/mol. The Morgan fingerprint density at radius 3 is 2.67 bits per heavy atom. The summed E-state index contributed by atoms with van der Waals surface area (Å²) in [7, 11) is 0. The number of hydrogen-bond acceptors (Lipinski definition) is 2. The van der Waals surface area contributed by atoms with Crippen molar-refractivity contribution in [2.75, 3.05) is 11.9 Å². The summed E-state index contributed by atoms with van der Waals surface area (Å²) < 4.78 is 0. The molecule has 1 aliphatic carbocycles. The van der Waals surface area contributed by atoms with E-state index in [1.165, 1.54) is 0 Å². The quantitative estimate of drug-likeness (QED) is 0.820. The summed E-state index contributed by atoms with van der Waals surface area (Å²) in [5.74, 6) is 6.93. The monoisotopic (exact) mass is 284 g/mol. The third-order valence-corrected chi connectivity index (χ3v) is 4.21. The number of aryl methyl sites for hydroxylation is 1. The molecule has 0 unspecified atom stereocenters. The molecule has 1 aromatic carbocycles. The zero-order chi connectivity index (χ0) is 15.2. The smallest absolute Gasteiger partial charge is 0.227 e. The molecule has 3 nitrogen and oxygen atoms in total. The summed E-state index contributed by atoms with van der Waals surface area (Å²) in [6, 6.07) is 5.84. The van der Waals surface area contributed by atoms with Gasteiger partial charge >= 0.3 is 0 Å². The first-order valence-electron chi connectivity index (χ1n) is 7.70. The Morgan fingerprint density at radius 1 is 1.33 bits per heavy atom. The number of carbonyl (C=O) groups excluding carboxylic acids is 1. The number of benzene rings is 1. The minimum absolute atomic E-state index is 0.158. The van der Waals surface area contributed by atoms with Crippen molar-refractivity contribution >= 4 is 11.6 Å². The number of nitrogens with two attached hydrogens (primary N) is 1. The lowest BCUT2D eigenvalue weighted by Crippen LogP contribution is -2.26. The molecule has 0 atom stereocenters. The van der Waals surface area contributed by atoms with Crippen molar-refractivity contribution in [3.05, 3.63) is 29.3 Å². The van der Waals surface area contributed by atoms with E-state index in [1.54, 1.807) is 0 Å². The van der Waals surface area contributed by atoms with Gasteiger partial charge in [0.1, 0.15) is 0 Å². The number of anilines is 1. The van der Waals surface area contributed by atoms with Gasteiger partial charge < -0.3 is 11.1 Å². The van der Waals surface area contributed by atoms with Crippen molar-refractivity contribution < 1.29 is 4.79 Å². The molecule has 0 bridgehead atoms. The molecule has 1 aromatic rings. The molecule has 0 heterocycles. The van der Waals surface area contributed by atoms with Gasteiger partial charge in [0.15, 0.2) is 0 Å². The fourth-order valence-corrected chi connectivity index (χ4v) is 2.79. The second-order valence-corrected chi connectivity index (χ2v) is 5.98. The van der Waals surface area contributed by atoms with E-state index in [-0.39, 0.29) is 11.8 Å². The average molecular weight is 284 g/mol. The highest BCUT2D eigenvalue weighted by Gasteiger charge is 2.24. The van der Waals surface area contributed by atoms with E-state index < -0.39 is 0 Å². The van der Waals surface area contributed by atoms with E-state index in [0.717, 1.165) is 48.4 Å².